The second-order valence-electron chi connectivity index (χ2n) is 6.95. The van der Waals surface area contributed by atoms with Gasteiger partial charge in [0.1, 0.15) is 5.69 Å². The highest BCUT2D eigenvalue weighted by atomic mass is 79.9. The second-order valence-corrected chi connectivity index (χ2v) is 7.73. The Balaban J connectivity index is 1.41. The van der Waals surface area contributed by atoms with E-state index in [1.807, 2.05) is 28.6 Å². The smallest absolute Gasteiger partial charge is 0.270 e. The number of halogens is 1. The minimum atomic E-state index is 0.0743. The quantitative estimate of drug-likeness (QED) is 0.652. The number of aromatic nitrogens is 1. The van der Waals surface area contributed by atoms with E-state index in [1.54, 1.807) is 0 Å². The third-order valence-corrected chi connectivity index (χ3v) is 5.46. The number of furan rings is 1. The van der Waals surface area contributed by atoms with Crippen molar-refractivity contribution in [1.82, 2.24) is 14.4 Å². The molecule has 0 atom stereocenters. The molecule has 1 saturated heterocycles. The maximum Gasteiger partial charge on any atom is 0.270 e. The Morgan fingerprint density at radius 2 is 1.92 bits per heavy atom. The van der Waals surface area contributed by atoms with Crippen molar-refractivity contribution < 1.29 is 9.21 Å². The topological polar surface area (TPSA) is 41.6 Å². The van der Waals surface area contributed by atoms with Crippen LogP contribution in [0, 0.1) is 6.92 Å². The van der Waals surface area contributed by atoms with Crippen LogP contribution in [0.25, 0.3) is 11.1 Å². The van der Waals surface area contributed by atoms with E-state index >= 15 is 0 Å². The molecule has 0 aliphatic carbocycles. The van der Waals surface area contributed by atoms with E-state index in [0.717, 1.165) is 43.8 Å². The van der Waals surface area contributed by atoms with Crippen LogP contribution in [0.2, 0.25) is 0 Å². The van der Waals surface area contributed by atoms with Gasteiger partial charge in [0, 0.05) is 51.9 Å². The van der Waals surface area contributed by atoms with Gasteiger partial charge in [-0.15, -0.1) is 0 Å². The molecule has 2 aromatic heterocycles. The zero-order valence-corrected chi connectivity index (χ0v) is 16.6. The van der Waals surface area contributed by atoms with Crippen LogP contribution in [-0.4, -0.2) is 46.5 Å². The van der Waals surface area contributed by atoms with Crippen LogP contribution in [0.1, 0.15) is 21.6 Å². The van der Waals surface area contributed by atoms with E-state index in [4.69, 9.17) is 4.42 Å². The molecule has 5 nitrogen and oxygen atoms in total. The Morgan fingerprint density at radius 1 is 1.15 bits per heavy atom. The third-order valence-electron chi connectivity index (χ3n) is 5.07. The van der Waals surface area contributed by atoms with Gasteiger partial charge in [0.25, 0.3) is 5.91 Å². The first-order chi connectivity index (χ1) is 12.5. The van der Waals surface area contributed by atoms with Crippen molar-refractivity contribution >= 4 is 32.9 Å². The number of carbonyl (C=O) groups is 1. The molecule has 6 heteroatoms. The number of hydrogen-bond donors (Lipinski definition) is 0. The number of amides is 1. The molecular formula is C20H22BrN3O2. The van der Waals surface area contributed by atoms with Gasteiger partial charge in [-0.05, 0) is 28.4 Å². The molecule has 3 heterocycles. The molecule has 0 spiro atoms. The molecule has 1 aliphatic rings. The normalized spacial score (nSPS) is 15.7. The Labute approximate surface area is 161 Å². The van der Waals surface area contributed by atoms with Crippen molar-refractivity contribution in [1.29, 1.82) is 0 Å². The molecule has 26 heavy (non-hydrogen) atoms. The Morgan fingerprint density at radius 3 is 2.62 bits per heavy atom. The summed E-state index contributed by atoms with van der Waals surface area (Å²) in [5.41, 5.74) is 4.96. The van der Waals surface area contributed by atoms with Gasteiger partial charge in [-0.3, -0.25) is 9.69 Å². The minimum Gasteiger partial charge on any atom is -0.448 e. The summed E-state index contributed by atoms with van der Waals surface area (Å²) in [4.78, 5) is 17.3. The number of benzene rings is 1. The molecule has 1 aromatic carbocycles. The van der Waals surface area contributed by atoms with Crippen LogP contribution >= 0.6 is 15.9 Å². The first kappa shape index (κ1) is 17.4. The van der Waals surface area contributed by atoms with Gasteiger partial charge < -0.3 is 13.9 Å². The number of nitrogens with zero attached hydrogens (tertiary/aromatic N) is 3. The lowest BCUT2D eigenvalue weighted by Crippen LogP contribution is -2.48. The molecule has 136 valence electrons. The monoisotopic (exact) mass is 415 g/mol. The van der Waals surface area contributed by atoms with Gasteiger partial charge in [0.2, 0.25) is 0 Å². The SMILES string of the molecule is Cc1cccc(CN2CCN(C(=O)c3cc4oc(Br)cc4n3C)CC2)c1. The first-order valence-corrected chi connectivity index (χ1v) is 9.62. The van der Waals surface area contributed by atoms with Crippen LogP contribution in [0.4, 0.5) is 0 Å². The fourth-order valence-corrected chi connectivity index (χ4v) is 4.02. The molecular weight excluding hydrogens is 394 g/mol. The van der Waals surface area contributed by atoms with Crippen LogP contribution in [0.15, 0.2) is 45.5 Å². The Bertz CT molecular complexity index is 951. The van der Waals surface area contributed by atoms with Crippen molar-refractivity contribution in [2.75, 3.05) is 26.2 Å². The summed E-state index contributed by atoms with van der Waals surface area (Å²) in [6.07, 6.45) is 0. The lowest BCUT2D eigenvalue weighted by molar-refractivity contribution is 0.0619. The fraction of sp³-hybridized carbons (Fsp3) is 0.350. The van der Waals surface area contributed by atoms with Crippen LogP contribution in [0.5, 0.6) is 0 Å². The van der Waals surface area contributed by atoms with Gasteiger partial charge in [0.05, 0.1) is 5.52 Å². The van der Waals surface area contributed by atoms with Gasteiger partial charge in [-0.1, -0.05) is 29.8 Å². The summed E-state index contributed by atoms with van der Waals surface area (Å²) in [5.74, 6) is 0.0743. The number of rotatable bonds is 3. The van der Waals surface area contributed by atoms with Gasteiger partial charge >= 0.3 is 0 Å². The Kier molecular flexibility index (Phi) is 4.63. The molecule has 0 unspecified atom stereocenters. The summed E-state index contributed by atoms with van der Waals surface area (Å²) < 4.78 is 8.17. The molecule has 1 fully saturated rings. The van der Waals surface area contributed by atoms with Crippen LogP contribution in [-0.2, 0) is 13.6 Å². The molecule has 1 aliphatic heterocycles. The van der Waals surface area contributed by atoms with E-state index in [9.17, 15) is 4.79 Å². The highest BCUT2D eigenvalue weighted by Crippen LogP contribution is 2.27. The second kappa shape index (κ2) is 6.93. The largest absolute Gasteiger partial charge is 0.448 e. The summed E-state index contributed by atoms with van der Waals surface area (Å²) in [6, 6.07) is 12.4. The number of aryl methyl sites for hydroxylation is 2. The molecule has 3 aromatic rings. The highest BCUT2D eigenvalue weighted by molar-refractivity contribution is 9.10. The van der Waals surface area contributed by atoms with Gasteiger partial charge in [0.15, 0.2) is 10.3 Å². The first-order valence-electron chi connectivity index (χ1n) is 8.83. The molecule has 0 radical (unpaired) electrons. The lowest BCUT2D eigenvalue weighted by atomic mass is 10.1. The average Bonchev–Trinajstić information content (AvgIpc) is 3.12. The van der Waals surface area contributed by atoms with Crippen LogP contribution < -0.4 is 0 Å². The van der Waals surface area contributed by atoms with Crippen molar-refractivity contribution in [2.24, 2.45) is 7.05 Å². The number of fused-ring (bicyclic) bond motifs is 1. The molecule has 0 N–H and O–H groups in total. The van der Waals surface area contributed by atoms with E-state index in [2.05, 4.69) is 52.0 Å². The predicted molar refractivity (Wildman–Crippen MR) is 105 cm³/mol. The maximum atomic E-state index is 12.9. The van der Waals surface area contributed by atoms with Gasteiger partial charge in [-0.2, -0.15) is 0 Å². The summed E-state index contributed by atoms with van der Waals surface area (Å²) >= 11 is 3.33. The zero-order chi connectivity index (χ0) is 18.3. The number of hydrogen-bond acceptors (Lipinski definition) is 3. The molecule has 0 saturated carbocycles. The molecule has 1 amide bonds. The van der Waals surface area contributed by atoms with Crippen molar-refractivity contribution in [2.45, 2.75) is 13.5 Å². The van der Waals surface area contributed by atoms with Crippen LogP contribution in [0.3, 0.4) is 0 Å². The third kappa shape index (κ3) is 3.31. The van der Waals surface area contributed by atoms with Crippen molar-refractivity contribution in [3.8, 4) is 0 Å². The number of piperazine rings is 1. The summed E-state index contributed by atoms with van der Waals surface area (Å²) in [5, 5.41) is 0. The summed E-state index contributed by atoms with van der Waals surface area (Å²) in [6.45, 7) is 6.35. The fourth-order valence-electron chi connectivity index (χ4n) is 3.63. The highest BCUT2D eigenvalue weighted by Gasteiger charge is 2.25. The molecule has 0 bridgehead atoms. The number of carbonyl (C=O) groups excluding carboxylic acids is 1. The summed E-state index contributed by atoms with van der Waals surface area (Å²) in [7, 11) is 1.91. The van der Waals surface area contributed by atoms with Crippen molar-refractivity contribution in [3.05, 3.63) is 57.9 Å². The predicted octanol–water partition coefficient (Wildman–Crippen LogP) is 3.80. The zero-order valence-electron chi connectivity index (χ0n) is 15.0. The van der Waals surface area contributed by atoms with E-state index in [0.29, 0.717) is 10.4 Å². The lowest BCUT2D eigenvalue weighted by Gasteiger charge is -2.34. The maximum absolute atomic E-state index is 12.9. The Hall–Kier alpha value is -2.05. The molecule has 4 rings (SSSR count). The average molecular weight is 416 g/mol. The van der Waals surface area contributed by atoms with E-state index in [1.165, 1.54) is 11.1 Å². The van der Waals surface area contributed by atoms with Gasteiger partial charge in [-0.25, -0.2) is 0 Å². The standard InChI is InChI=1S/C20H22BrN3O2/c1-14-4-3-5-15(10-14)13-23-6-8-24(9-7-23)20(25)17-11-18-16(22(17)2)12-19(21)26-18/h3-5,10-12H,6-9,13H2,1-2H3. The van der Waals surface area contributed by atoms with E-state index < -0.39 is 0 Å². The van der Waals surface area contributed by atoms with Crippen molar-refractivity contribution in [3.63, 3.8) is 0 Å². The minimum absolute atomic E-state index is 0.0743. The van der Waals surface area contributed by atoms with E-state index in [-0.39, 0.29) is 5.91 Å².